The third kappa shape index (κ3) is 5.58. The van der Waals surface area contributed by atoms with Crippen LogP contribution < -0.4 is 0 Å². The molecule has 5 unspecified atom stereocenters. The molecule has 5 atom stereocenters. The molecule has 1 N–H and O–H groups in total. The smallest absolute Gasteiger partial charge is 0.338 e. The van der Waals surface area contributed by atoms with Crippen LogP contribution in [0.3, 0.4) is 0 Å². The van der Waals surface area contributed by atoms with Crippen LogP contribution in [0.5, 0.6) is 0 Å². The van der Waals surface area contributed by atoms with E-state index in [0.29, 0.717) is 24.8 Å². The van der Waals surface area contributed by atoms with Crippen LogP contribution in [0.2, 0.25) is 0 Å². The zero-order valence-corrected chi connectivity index (χ0v) is 20.0. The Labute approximate surface area is 211 Å². The molecular weight excluding hydrogens is 452 g/mol. The minimum atomic E-state index is -0.621. The molecule has 5 rings (SSSR count). The second-order valence-electron chi connectivity index (χ2n) is 9.57. The Kier molecular flexibility index (Phi) is 7.28. The second-order valence-corrected chi connectivity index (χ2v) is 9.57. The SMILES string of the molecule is O=C1CC2C(CC(OC(=O)c3ccc(-c4ccccc4)cc3)C2C=CC(O)CCc2ccccc2)O1. The van der Waals surface area contributed by atoms with Crippen molar-refractivity contribution in [1.29, 1.82) is 0 Å². The number of ether oxygens (including phenoxy) is 2. The lowest BCUT2D eigenvalue weighted by Gasteiger charge is -2.20. The molecule has 184 valence electrons. The molecule has 0 bridgehead atoms. The van der Waals surface area contributed by atoms with E-state index in [1.165, 1.54) is 5.56 Å². The van der Waals surface area contributed by atoms with Gasteiger partial charge in [0.1, 0.15) is 12.2 Å². The molecule has 1 heterocycles. The van der Waals surface area contributed by atoms with Gasteiger partial charge in [0.15, 0.2) is 0 Å². The summed E-state index contributed by atoms with van der Waals surface area (Å²) in [5.74, 6) is -0.836. The molecule has 2 fully saturated rings. The van der Waals surface area contributed by atoms with E-state index in [2.05, 4.69) is 0 Å². The van der Waals surface area contributed by atoms with Crippen LogP contribution in [-0.4, -0.2) is 35.4 Å². The fourth-order valence-electron chi connectivity index (χ4n) is 5.24. The highest BCUT2D eigenvalue weighted by molar-refractivity contribution is 5.90. The summed E-state index contributed by atoms with van der Waals surface area (Å²) in [6.45, 7) is 0. The molecule has 5 heteroatoms. The number of carbonyl (C=O) groups excluding carboxylic acids is 2. The average Bonchev–Trinajstić information content (AvgIpc) is 3.42. The first kappa shape index (κ1) is 24.0. The summed E-state index contributed by atoms with van der Waals surface area (Å²) in [5, 5.41) is 10.5. The predicted octanol–water partition coefficient (Wildman–Crippen LogP) is 5.38. The number of hydrogen-bond acceptors (Lipinski definition) is 5. The van der Waals surface area contributed by atoms with E-state index >= 15 is 0 Å². The standard InChI is InChI=1S/C31H30O5/c32-25(16-11-21-7-3-1-4-8-21)17-18-26-27-19-30(33)35-29(27)20-28(26)36-31(34)24-14-12-23(13-15-24)22-9-5-2-6-10-22/h1-10,12-15,17-18,25-29,32H,11,16,19-20H2. The molecule has 1 aliphatic heterocycles. The van der Waals surface area contributed by atoms with E-state index in [0.717, 1.165) is 17.5 Å². The average molecular weight is 483 g/mol. The molecule has 1 aliphatic carbocycles. The van der Waals surface area contributed by atoms with Gasteiger partial charge in [0, 0.05) is 18.3 Å². The maximum absolute atomic E-state index is 13.0. The number of esters is 2. The van der Waals surface area contributed by atoms with Crippen molar-refractivity contribution in [3.63, 3.8) is 0 Å². The Hall–Kier alpha value is -3.70. The van der Waals surface area contributed by atoms with Crippen molar-refractivity contribution in [2.45, 2.75) is 44.0 Å². The summed E-state index contributed by atoms with van der Waals surface area (Å²) in [5.41, 5.74) is 3.76. The lowest BCUT2D eigenvalue weighted by Crippen LogP contribution is -2.25. The number of aliphatic hydroxyl groups is 1. The van der Waals surface area contributed by atoms with Gasteiger partial charge in [-0.15, -0.1) is 0 Å². The van der Waals surface area contributed by atoms with Gasteiger partial charge in [-0.3, -0.25) is 4.79 Å². The normalized spacial score (nSPS) is 23.9. The van der Waals surface area contributed by atoms with Gasteiger partial charge in [-0.25, -0.2) is 4.79 Å². The molecule has 3 aromatic rings. The Morgan fingerprint density at radius 3 is 2.36 bits per heavy atom. The Morgan fingerprint density at radius 1 is 0.972 bits per heavy atom. The maximum atomic E-state index is 13.0. The lowest BCUT2D eigenvalue weighted by molar-refractivity contribution is -0.141. The van der Waals surface area contributed by atoms with Crippen LogP contribution in [0.4, 0.5) is 0 Å². The quantitative estimate of drug-likeness (QED) is 0.345. The molecule has 2 aliphatic rings. The van der Waals surface area contributed by atoms with Gasteiger partial charge >= 0.3 is 11.9 Å². The number of aliphatic hydroxyl groups excluding tert-OH is 1. The monoisotopic (exact) mass is 482 g/mol. The summed E-state index contributed by atoms with van der Waals surface area (Å²) in [7, 11) is 0. The Balaban J connectivity index is 1.24. The molecule has 1 saturated heterocycles. The number of benzene rings is 3. The summed E-state index contributed by atoms with van der Waals surface area (Å²) in [4.78, 5) is 24.9. The van der Waals surface area contributed by atoms with Crippen LogP contribution >= 0.6 is 0 Å². The molecule has 1 saturated carbocycles. The van der Waals surface area contributed by atoms with Gasteiger partial charge in [0.05, 0.1) is 18.1 Å². The fourth-order valence-corrected chi connectivity index (χ4v) is 5.24. The van der Waals surface area contributed by atoms with Crippen molar-refractivity contribution in [1.82, 2.24) is 0 Å². The second kappa shape index (κ2) is 10.9. The molecule has 3 aromatic carbocycles. The topological polar surface area (TPSA) is 72.8 Å². The molecular formula is C31H30O5. The van der Waals surface area contributed by atoms with Gasteiger partial charge < -0.3 is 14.6 Å². The van der Waals surface area contributed by atoms with E-state index in [4.69, 9.17) is 9.47 Å². The van der Waals surface area contributed by atoms with E-state index in [9.17, 15) is 14.7 Å². The molecule has 0 amide bonds. The molecule has 0 spiro atoms. The van der Waals surface area contributed by atoms with Crippen molar-refractivity contribution in [3.05, 3.63) is 108 Å². The summed E-state index contributed by atoms with van der Waals surface area (Å²) in [6, 6.07) is 27.4. The highest BCUT2D eigenvalue weighted by atomic mass is 16.6. The third-order valence-electron chi connectivity index (χ3n) is 7.16. The summed E-state index contributed by atoms with van der Waals surface area (Å²) >= 11 is 0. The van der Waals surface area contributed by atoms with Crippen LogP contribution in [0.25, 0.3) is 11.1 Å². The maximum Gasteiger partial charge on any atom is 0.338 e. The summed E-state index contributed by atoms with van der Waals surface area (Å²) in [6.07, 6.45) is 4.53. The van der Waals surface area contributed by atoms with Gasteiger partial charge in [-0.1, -0.05) is 84.9 Å². The molecule has 0 aromatic heterocycles. The van der Waals surface area contributed by atoms with Crippen molar-refractivity contribution < 1.29 is 24.2 Å². The third-order valence-corrected chi connectivity index (χ3v) is 7.16. The highest BCUT2D eigenvalue weighted by Gasteiger charge is 2.50. The molecule has 0 radical (unpaired) electrons. The van der Waals surface area contributed by atoms with Gasteiger partial charge in [0.2, 0.25) is 0 Å². The van der Waals surface area contributed by atoms with Gasteiger partial charge in [-0.2, -0.15) is 0 Å². The largest absolute Gasteiger partial charge is 0.462 e. The first-order chi connectivity index (χ1) is 17.6. The number of rotatable bonds is 8. The van der Waals surface area contributed by atoms with E-state index in [-0.39, 0.29) is 23.9 Å². The van der Waals surface area contributed by atoms with E-state index < -0.39 is 18.2 Å². The van der Waals surface area contributed by atoms with Crippen LogP contribution in [0, 0.1) is 11.8 Å². The first-order valence-electron chi connectivity index (χ1n) is 12.5. The zero-order valence-electron chi connectivity index (χ0n) is 20.0. The van der Waals surface area contributed by atoms with Crippen molar-refractivity contribution >= 4 is 11.9 Å². The van der Waals surface area contributed by atoms with Crippen LogP contribution in [0.1, 0.15) is 35.2 Å². The number of aryl methyl sites for hydroxylation is 1. The van der Waals surface area contributed by atoms with Crippen LogP contribution in [-0.2, 0) is 20.7 Å². The minimum absolute atomic E-state index is 0.0478. The van der Waals surface area contributed by atoms with Crippen molar-refractivity contribution in [3.8, 4) is 11.1 Å². The zero-order chi connectivity index (χ0) is 24.9. The first-order valence-corrected chi connectivity index (χ1v) is 12.5. The van der Waals surface area contributed by atoms with Crippen LogP contribution in [0.15, 0.2) is 97.1 Å². The Bertz CT molecular complexity index is 1200. The highest BCUT2D eigenvalue weighted by Crippen LogP contribution is 2.43. The number of hydrogen-bond donors (Lipinski definition) is 1. The van der Waals surface area contributed by atoms with Gasteiger partial charge in [0.25, 0.3) is 0 Å². The molecule has 5 nitrogen and oxygen atoms in total. The van der Waals surface area contributed by atoms with Crippen molar-refractivity contribution in [2.75, 3.05) is 0 Å². The number of carbonyl (C=O) groups is 2. The van der Waals surface area contributed by atoms with Crippen molar-refractivity contribution in [2.24, 2.45) is 11.8 Å². The fraction of sp³-hybridized carbons (Fsp3) is 0.290. The minimum Gasteiger partial charge on any atom is -0.462 e. The molecule has 36 heavy (non-hydrogen) atoms. The number of fused-ring (bicyclic) bond motifs is 1. The van der Waals surface area contributed by atoms with E-state index in [1.807, 2.05) is 78.9 Å². The Morgan fingerprint density at radius 2 is 1.64 bits per heavy atom. The predicted molar refractivity (Wildman–Crippen MR) is 137 cm³/mol. The summed E-state index contributed by atoms with van der Waals surface area (Å²) < 4.78 is 11.4. The van der Waals surface area contributed by atoms with Gasteiger partial charge in [-0.05, 0) is 41.7 Å². The lowest BCUT2D eigenvalue weighted by atomic mass is 9.91. The van der Waals surface area contributed by atoms with E-state index in [1.54, 1.807) is 18.2 Å².